The van der Waals surface area contributed by atoms with Crippen LogP contribution in [0.25, 0.3) is 21.3 Å². The summed E-state index contributed by atoms with van der Waals surface area (Å²) in [6, 6.07) is 15.1. The lowest BCUT2D eigenvalue weighted by molar-refractivity contribution is -0.000597. The SMILES string of the molecule is O=C(NC1CC2(CCC2)C1)c1csc2ccn(Cc3ccc(-c4cccnc4)cc3)c12. The quantitative estimate of drug-likeness (QED) is 0.433. The van der Waals surface area contributed by atoms with Crippen LogP contribution in [0.4, 0.5) is 0 Å². The molecule has 156 valence electrons. The molecule has 0 aliphatic heterocycles. The molecule has 1 N–H and O–H groups in total. The van der Waals surface area contributed by atoms with Crippen LogP contribution in [0, 0.1) is 5.41 Å². The Morgan fingerprint density at radius 1 is 1.13 bits per heavy atom. The Bertz CT molecular complexity index is 1230. The lowest BCUT2D eigenvalue weighted by Crippen LogP contribution is -2.53. The van der Waals surface area contributed by atoms with Gasteiger partial charge in [-0.25, -0.2) is 0 Å². The highest BCUT2D eigenvalue weighted by molar-refractivity contribution is 7.17. The Hall–Kier alpha value is -2.92. The van der Waals surface area contributed by atoms with Crippen LogP contribution < -0.4 is 5.32 Å². The number of hydrogen-bond donors (Lipinski definition) is 1. The summed E-state index contributed by atoms with van der Waals surface area (Å²) in [5.74, 6) is 0.0808. The molecule has 4 aromatic rings. The number of thiophene rings is 1. The van der Waals surface area contributed by atoms with Gasteiger partial charge in [0.05, 0.1) is 15.8 Å². The molecule has 1 spiro atoms. The van der Waals surface area contributed by atoms with Gasteiger partial charge >= 0.3 is 0 Å². The lowest BCUT2D eigenvalue weighted by Gasteiger charge is -2.54. The van der Waals surface area contributed by atoms with Gasteiger partial charge in [-0.1, -0.05) is 36.8 Å². The van der Waals surface area contributed by atoms with E-state index >= 15 is 0 Å². The van der Waals surface area contributed by atoms with E-state index < -0.39 is 0 Å². The van der Waals surface area contributed by atoms with E-state index in [4.69, 9.17) is 0 Å². The Morgan fingerprint density at radius 3 is 2.68 bits per heavy atom. The van der Waals surface area contributed by atoms with Crippen LogP contribution in [-0.2, 0) is 6.54 Å². The maximum Gasteiger partial charge on any atom is 0.254 e. The Kier molecular flexibility index (Phi) is 4.46. The molecule has 2 aliphatic carbocycles. The molecule has 5 heteroatoms. The van der Waals surface area contributed by atoms with E-state index in [1.165, 1.54) is 29.5 Å². The fourth-order valence-electron chi connectivity index (χ4n) is 5.27. The van der Waals surface area contributed by atoms with E-state index in [2.05, 4.69) is 57.5 Å². The molecule has 0 radical (unpaired) electrons. The van der Waals surface area contributed by atoms with Crippen molar-refractivity contribution in [1.29, 1.82) is 0 Å². The minimum Gasteiger partial charge on any atom is -0.349 e. The molecule has 1 amide bonds. The summed E-state index contributed by atoms with van der Waals surface area (Å²) in [4.78, 5) is 17.2. The van der Waals surface area contributed by atoms with E-state index in [-0.39, 0.29) is 5.91 Å². The molecule has 0 saturated heterocycles. The number of carbonyl (C=O) groups excluding carboxylic acids is 1. The summed E-state index contributed by atoms with van der Waals surface area (Å²) in [6.07, 6.45) is 12.2. The number of nitrogens with one attached hydrogen (secondary N) is 1. The van der Waals surface area contributed by atoms with Gasteiger partial charge in [0.1, 0.15) is 0 Å². The molecule has 2 fully saturated rings. The number of benzene rings is 1. The second-order valence-corrected chi connectivity index (χ2v) is 10.1. The standard InChI is InChI=1S/C26H25N3OS/c30-25(28-21-13-26(14-21)9-2-10-26)22-17-31-23-8-12-29(24(22)23)16-18-4-6-19(7-5-18)20-3-1-11-27-15-20/h1,3-8,11-12,15,17,21H,2,9-10,13-14,16H2,(H,28,30). The van der Waals surface area contributed by atoms with Gasteiger partial charge < -0.3 is 9.88 Å². The molecule has 3 heterocycles. The van der Waals surface area contributed by atoms with Crippen LogP contribution in [0.5, 0.6) is 0 Å². The summed E-state index contributed by atoms with van der Waals surface area (Å²) in [6.45, 7) is 0.750. The normalized spacial score (nSPS) is 17.4. The van der Waals surface area contributed by atoms with E-state index in [1.54, 1.807) is 17.5 Å². The number of carbonyl (C=O) groups is 1. The molecule has 4 nitrogen and oxygen atoms in total. The highest BCUT2D eigenvalue weighted by Crippen LogP contribution is 2.55. The molecule has 31 heavy (non-hydrogen) atoms. The predicted octanol–water partition coefficient (Wildman–Crippen LogP) is 5.88. The number of hydrogen-bond acceptors (Lipinski definition) is 3. The average molecular weight is 428 g/mol. The average Bonchev–Trinajstić information content (AvgIpc) is 3.33. The van der Waals surface area contributed by atoms with E-state index in [0.717, 1.165) is 41.6 Å². The summed E-state index contributed by atoms with van der Waals surface area (Å²) < 4.78 is 3.37. The van der Waals surface area contributed by atoms with Gasteiger partial charge in [0, 0.05) is 36.6 Å². The Labute approximate surface area is 185 Å². The Morgan fingerprint density at radius 2 is 1.97 bits per heavy atom. The van der Waals surface area contributed by atoms with Gasteiger partial charge in [0.15, 0.2) is 0 Å². The van der Waals surface area contributed by atoms with Crippen molar-refractivity contribution in [3.05, 3.63) is 77.6 Å². The molecule has 0 unspecified atom stereocenters. The first-order chi connectivity index (χ1) is 15.2. The third-order valence-corrected chi connectivity index (χ3v) is 8.08. The fourth-order valence-corrected chi connectivity index (χ4v) is 6.22. The molecular weight excluding hydrogens is 402 g/mol. The second-order valence-electron chi connectivity index (χ2n) is 9.18. The van der Waals surface area contributed by atoms with Crippen LogP contribution in [0.15, 0.2) is 66.4 Å². The van der Waals surface area contributed by atoms with E-state index in [9.17, 15) is 4.79 Å². The molecule has 2 saturated carbocycles. The topological polar surface area (TPSA) is 46.9 Å². The molecule has 6 rings (SSSR count). The number of fused-ring (bicyclic) bond motifs is 1. The zero-order valence-corrected chi connectivity index (χ0v) is 18.2. The molecule has 3 aromatic heterocycles. The Balaban J connectivity index is 1.19. The van der Waals surface area contributed by atoms with Crippen LogP contribution >= 0.6 is 11.3 Å². The highest BCUT2D eigenvalue weighted by Gasteiger charge is 2.48. The largest absolute Gasteiger partial charge is 0.349 e. The molecule has 2 aliphatic rings. The number of amides is 1. The van der Waals surface area contributed by atoms with Gasteiger partial charge in [-0.3, -0.25) is 9.78 Å². The molecule has 0 bridgehead atoms. The van der Waals surface area contributed by atoms with Gasteiger partial charge in [0.2, 0.25) is 0 Å². The fraction of sp³-hybridized carbons (Fsp3) is 0.308. The van der Waals surface area contributed by atoms with Crippen molar-refractivity contribution in [3.8, 4) is 11.1 Å². The van der Waals surface area contributed by atoms with Gasteiger partial charge in [-0.2, -0.15) is 0 Å². The maximum atomic E-state index is 13.0. The van der Waals surface area contributed by atoms with E-state index in [0.29, 0.717) is 11.5 Å². The monoisotopic (exact) mass is 427 g/mol. The first-order valence-electron chi connectivity index (χ1n) is 11.1. The van der Waals surface area contributed by atoms with Crippen LogP contribution in [0.2, 0.25) is 0 Å². The smallest absolute Gasteiger partial charge is 0.254 e. The third kappa shape index (κ3) is 3.37. The van der Waals surface area contributed by atoms with Crippen molar-refractivity contribution in [1.82, 2.24) is 14.9 Å². The predicted molar refractivity (Wildman–Crippen MR) is 125 cm³/mol. The second kappa shape index (κ2) is 7.34. The summed E-state index contributed by atoms with van der Waals surface area (Å²) in [5, 5.41) is 5.30. The number of aromatic nitrogens is 2. The first-order valence-corrected chi connectivity index (χ1v) is 11.9. The molecule has 0 atom stereocenters. The zero-order chi connectivity index (χ0) is 20.8. The van der Waals surface area contributed by atoms with Crippen molar-refractivity contribution in [2.75, 3.05) is 0 Å². The van der Waals surface area contributed by atoms with Gasteiger partial charge in [-0.15, -0.1) is 11.3 Å². The van der Waals surface area contributed by atoms with Crippen molar-refractivity contribution in [2.24, 2.45) is 5.41 Å². The minimum atomic E-state index is 0.0808. The number of nitrogens with zero attached hydrogens (tertiary/aromatic N) is 2. The summed E-state index contributed by atoms with van der Waals surface area (Å²) in [5.41, 5.74) is 5.93. The highest BCUT2D eigenvalue weighted by atomic mass is 32.1. The van der Waals surface area contributed by atoms with Crippen LogP contribution in [0.3, 0.4) is 0 Å². The summed E-state index contributed by atoms with van der Waals surface area (Å²) in [7, 11) is 0. The minimum absolute atomic E-state index is 0.0808. The van der Waals surface area contributed by atoms with Crippen molar-refractivity contribution < 1.29 is 4.79 Å². The van der Waals surface area contributed by atoms with Crippen molar-refractivity contribution in [3.63, 3.8) is 0 Å². The zero-order valence-electron chi connectivity index (χ0n) is 17.4. The van der Waals surface area contributed by atoms with Gasteiger partial charge in [0.25, 0.3) is 5.91 Å². The van der Waals surface area contributed by atoms with Crippen LogP contribution in [0.1, 0.15) is 48.0 Å². The lowest BCUT2D eigenvalue weighted by atomic mass is 9.54. The van der Waals surface area contributed by atoms with Gasteiger partial charge in [-0.05, 0) is 59.9 Å². The first kappa shape index (κ1) is 18.8. The van der Waals surface area contributed by atoms with E-state index in [1.807, 2.05) is 17.6 Å². The number of pyridine rings is 1. The number of rotatable bonds is 5. The summed E-state index contributed by atoms with van der Waals surface area (Å²) >= 11 is 1.65. The van der Waals surface area contributed by atoms with Crippen molar-refractivity contribution in [2.45, 2.75) is 44.7 Å². The third-order valence-electron chi connectivity index (χ3n) is 7.14. The molecule has 1 aromatic carbocycles. The maximum absolute atomic E-state index is 13.0. The van der Waals surface area contributed by atoms with Crippen molar-refractivity contribution >= 4 is 27.5 Å². The molecular formula is C26H25N3OS. The van der Waals surface area contributed by atoms with Crippen LogP contribution in [-0.4, -0.2) is 21.5 Å².